The maximum Gasteiger partial charge on any atom is 0.259 e. The number of carbonyl (C=O) groups excluding carboxylic acids is 2. The third-order valence-electron chi connectivity index (χ3n) is 5.21. The standard InChI is InChI=1S/C19H21NO10/c21-6-11-13(24)14(25)15(26)19(29-11)28-10-4-2-1-3-7(10)18(27)20-8-5-9(22)16-17(30-16)12(8)23/h1-5,11-17,19,21,23-26H,6H2,(H,20,27)/t11-,12+,13-,14+,15-,16-,17+,19-/m1/s1. The smallest absolute Gasteiger partial charge is 0.259 e. The second-order valence-electron chi connectivity index (χ2n) is 7.23. The van der Waals surface area contributed by atoms with E-state index in [0.717, 1.165) is 6.08 Å². The highest BCUT2D eigenvalue weighted by Gasteiger charge is 2.53. The number of ketones is 1. The van der Waals surface area contributed by atoms with Crippen LogP contribution in [0.4, 0.5) is 0 Å². The Morgan fingerprint density at radius 3 is 2.53 bits per heavy atom. The van der Waals surface area contributed by atoms with Crippen LogP contribution in [0.15, 0.2) is 36.0 Å². The molecule has 1 aromatic rings. The zero-order chi connectivity index (χ0) is 21.6. The van der Waals surface area contributed by atoms with Crippen molar-refractivity contribution >= 4 is 11.7 Å². The van der Waals surface area contributed by atoms with Gasteiger partial charge < -0.3 is 45.1 Å². The van der Waals surface area contributed by atoms with Crippen LogP contribution in [-0.4, -0.2) is 92.8 Å². The summed E-state index contributed by atoms with van der Waals surface area (Å²) in [6, 6.07) is 5.92. The zero-order valence-corrected chi connectivity index (χ0v) is 15.5. The number of epoxide rings is 1. The summed E-state index contributed by atoms with van der Waals surface area (Å²) in [5.41, 5.74) is -0.0137. The van der Waals surface area contributed by atoms with E-state index in [4.69, 9.17) is 14.2 Å². The van der Waals surface area contributed by atoms with Gasteiger partial charge in [0.25, 0.3) is 5.91 Å². The van der Waals surface area contributed by atoms with E-state index in [9.17, 15) is 35.1 Å². The summed E-state index contributed by atoms with van der Waals surface area (Å²) in [5.74, 6) is -1.09. The van der Waals surface area contributed by atoms with E-state index in [1.54, 1.807) is 12.1 Å². The molecule has 0 radical (unpaired) electrons. The Morgan fingerprint density at radius 2 is 1.80 bits per heavy atom. The highest BCUT2D eigenvalue weighted by molar-refractivity contribution is 6.01. The number of para-hydroxylation sites is 1. The summed E-state index contributed by atoms with van der Waals surface area (Å²) < 4.78 is 15.9. The molecule has 1 aliphatic carbocycles. The molecule has 11 nitrogen and oxygen atoms in total. The average molecular weight is 423 g/mol. The monoisotopic (exact) mass is 423 g/mol. The SMILES string of the molecule is O=C(NC1=CC(=O)[C@H]2O[C@H]2[C@H]1O)c1ccccc1O[C@@H]1O[C@H](CO)[C@@H](O)[C@H](O)[C@H]1O. The number of ether oxygens (including phenoxy) is 3. The van der Waals surface area contributed by atoms with Crippen LogP contribution in [0.2, 0.25) is 0 Å². The van der Waals surface area contributed by atoms with E-state index in [0.29, 0.717) is 0 Å². The quantitative estimate of drug-likeness (QED) is 0.271. The minimum absolute atomic E-state index is 0.00570. The van der Waals surface area contributed by atoms with Crippen molar-refractivity contribution in [2.45, 2.75) is 49.0 Å². The van der Waals surface area contributed by atoms with Crippen LogP contribution in [0.3, 0.4) is 0 Å². The largest absolute Gasteiger partial charge is 0.461 e. The summed E-state index contributed by atoms with van der Waals surface area (Å²) in [5, 5.41) is 51.8. The van der Waals surface area contributed by atoms with Gasteiger partial charge in [0.05, 0.1) is 17.9 Å². The van der Waals surface area contributed by atoms with E-state index >= 15 is 0 Å². The molecule has 1 amide bonds. The summed E-state index contributed by atoms with van der Waals surface area (Å²) in [6.07, 6.45) is -8.89. The van der Waals surface area contributed by atoms with Crippen molar-refractivity contribution < 1.29 is 49.3 Å². The van der Waals surface area contributed by atoms with E-state index < -0.39 is 61.5 Å². The third kappa shape index (κ3) is 3.72. The molecule has 6 N–H and O–H groups in total. The Morgan fingerprint density at radius 1 is 1.07 bits per heavy atom. The number of nitrogens with one attached hydrogen (secondary N) is 1. The number of benzene rings is 1. The Labute approximate surface area is 170 Å². The first kappa shape index (κ1) is 20.9. The fourth-order valence-electron chi connectivity index (χ4n) is 3.45. The molecule has 11 heteroatoms. The molecule has 2 saturated heterocycles. The molecule has 0 saturated carbocycles. The number of aliphatic hydroxyl groups is 5. The topological polar surface area (TPSA) is 178 Å². The Bertz CT molecular complexity index is 871. The van der Waals surface area contributed by atoms with Crippen LogP contribution in [0.5, 0.6) is 5.75 Å². The second-order valence-corrected chi connectivity index (χ2v) is 7.23. The van der Waals surface area contributed by atoms with Crippen molar-refractivity contribution in [1.82, 2.24) is 5.32 Å². The van der Waals surface area contributed by atoms with Gasteiger partial charge in [-0.2, -0.15) is 0 Å². The molecule has 2 aliphatic heterocycles. The number of hydrogen-bond acceptors (Lipinski definition) is 10. The van der Waals surface area contributed by atoms with Crippen LogP contribution in [0.25, 0.3) is 0 Å². The molecule has 162 valence electrons. The highest BCUT2D eigenvalue weighted by Crippen LogP contribution is 2.34. The fraction of sp³-hybridized carbons (Fsp3) is 0.474. The minimum atomic E-state index is -1.65. The molecule has 2 heterocycles. The van der Waals surface area contributed by atoms with Crippen LogP contribution in [0, 0.1) is 0 Å². The van der Waals surface area contributed by atoms with Crippen LogP contribution < -0.4 is 10.1 Å². The lowest BCUT2D eigenvalue weighted by molar-refractivity contribution is -0.277. The van der Waals surface area contributed by atoms with Crippen molar-refractivity contribution in [3.63, 3.8) is 0 Å². The molecule has 0 bridgehead atoms. The van der Waals surface area contributed by atoms with E-state index in [1.807, 2.05) is 0 Å². The predicted molar refractivity (Wildman–Crippen MR) is 96.1 cm³/mol. The lowest BCUT2D eigenvalue weighted by Gasteiger charge is -2.39. The van der Waals surface area contributed by atoms with E-state index in [-0.39, 0.29) is 22.8 Å². The summed E-state index contributed by atoms with van der Waals surface area (Å²) in [6.45, 7) is -0.628. The van der Waals surface area contributed by atoms with Crippen LogP contribution in [-0.2, 0) is 14.3 Å². The van der Waals surface area contributed by atoms with Crippen molar-refractivity contribution in [2.24, 2.45) is 0 Å². The number of hydrogen-bond donors (Lipinski definition) is 6. The Kier molecular flexibility index (Phi) is 5.59. The van der Waals surface area contributed by atoms with Gasteiger partial charge in [0, 0.05) is 6.08 Å². The maximum absolute atomic E-state index is 12.7. The number of carbonyl (C=O) groups is 2. The summed E-state index contributed by atoms with van der Waals surface area (Å²) in [4.78, 5) is 24.5. The van der Waals surface area contributed by atoms with Crippen LogP contribution >= 0.6 is 0 Å². The van der Waals surface area contributed by atoms with Gasteiger partial charge in [0.15, 0.2) is 5.78 Å². The molecule has 1 aromatic carbocycles. The van der Waals surface area contributed by atoms with Crippen molar-refractivity contribution in [3.8, 4) is 5.75 Å². The van der Waals surface area contributed by atoms with Gasteiger partial charge >= 0.3 is 0 Å². The van der Waals surface area contributed by atoms with Gasteiger partial charge in [-0.25, -0.2) is 0 Å². The number of amides is 1. The number of fused-ring (bicyclic) bond motifs is 1. The minimum Gasteiger partial charge on any atom is -0.461 e. The first-order chi connectivity index (χ1) is 14.3. The normalized spacial score (nSPS) is 37.8. The van der Waals surface area contributed by atoms with Gasteiger partial charge in [0.2, 0.25) is 6.29 Å². The summed E-state index contributed by atoms with van der Waals surface area (Å²) >= 11 is 0. The van der Waals surface area contributed by atoms with Crippen molar-refractivity contribution in [3.05, 3.63) is 41.6 Å². The third-order valence-corrected chi connectivity index (χ3v) is 5.21. The molecule has 2 fully saturated rings. The van der Waals surface area contributed by atoms with Crippen molar-refractivity contribution in [2.75, 3.05) is 6.61 Å². The Balaban J connectivity index is 1.51. The summed E-state index contributed by atoms with van der Waals surface area (Å²) in [7, 11) is 0. The molecule has 4 rings (SSSR count). The number of rotatable bonds is 5. The highest BCUT2D eigenvalue weighted by atomic mass is 16.7. The maximum atomic E-state index is 12.7. The molecule has 0 aromatic heterocycles. The van der Waals surface area contributed by atoms with Gasteiger partial charge in [-0.15, -0.1) is 0 Å². The molecule has 3 aliphatic rings. The van der Waals surface area contributed by atoms with Gasteiger partial charge in [-0.1, -0.05) is 12.1 Å². The zero-order valence-electron chi connectivity index (χ0n) is 15.5. The van der Waals surface area contributed by atoms with E-state index in [1.165, 1.54) is 12.1 Å². The van der Waals surface area contributed by atoms with E-state index in [2.05, 4.69) is 5.32 Å². The van der Waals surface area contributed by atoms with Gasteiger partial charge in [0.1, 0.15) is 48.5 Å². The fourth-order valence-corrected chi connectivity index (χ4v) is 3.45. The van der Waals surface area contributed by atoms with Gasteiger partial charge in [-0.05, 0) is 12.1 Å². The lowest BCUT2D eigenvalue weighted by atomic mass is 9.99. The van der Waals surface area contributed by atoms with Crippen LogP contribution in [0.1, 0.15) is 10.4 Å². The molecule has 0 spiro atoms. The molecular weight excluding hydrogens is 402 g/mol. The number of aliphatic hydroxyl groups excluding tert-OH is 5. The lowest BCUT2D eigenvalue weighted by Crippen LogP contribution is -2.60. The Hall–Kier alpha value is -2.38. The first-order valence-corrected chi connectivity index (χ1v) is 9.28. The second kappa shape index (κ2) is 8.04. The average Bonchev–Trinajstić information content (AvgIpc) is 3.54. The molecule has 30 heavy (non-hydrogen) atoms. The van der Waals surface area contributed by atoms with Gasteiger partial charge in [-0.3, -0.25) is 9.59 Å². The molecule has 0 unspecified atom stereocenters. The molecule has 8 atom stereocenters. The van der Waals surface area contributed by atoms with Crippen molar-refractivity contribution in [1.29, 1.82) is 0 Å². The molecular formula is C19H21NO10. The predicted octanol–water partition coefficient (Wildman–Crippen LogP) is -2.81. The first-order valence-electron chi connectivity index (χ1n) is 9.28.